The van der Waals surface area contributed by atoms with Gasteiger partial charge in [0, 0.05) is 6.42 Å². The molecule has 1 aliphatic carbocycles. The summed E-state index contributed by atoms with van der Waals surface area (Å²) in [6.07, 6.45) is 18.2. The molecule has 1 aliphatic rings. The van der Waals surface area contributed by atoms with E-state index < -0.39 is 0 Å². The van der Waals surface area contributed by atoms with E-state index in [0.717, 1.165) is 19.3 Å². The lowest BCUT2D eigenvalue weighted by Gasteiger charge is -2.26. The van der Waals surface area contributed by atoms with Crippen molar-refractivity contribution in [3.05, 3.63) is 0 Å². The van der Waals surface area contributed by atoms with E-state index in [1.807, 2.05) is 0 Å². The molecular weight excluding hydrogens is 286 g/mol. The Balaban J connectivity index is 2.02. The van der Waals surface area contributed by atoms with Gasteiger partial charge >= 0.3 is 0 Å². The molecule has 0 spiro atoms. The Hall–Kier alpha value is -0.570. The quantitative estimate of drug-likeness (QED) is 0.470. The van der Waals surface area contributed by atoms with E-state index in [9.17, 15) is 9.90 Å². The SMILES string of the molecule is CCCCCCCCCCC(=O)N[C@H](CO)CC1CCCCC1. The van der Waals surface area contributed by atoms with E-state index in [1.165, 1.54) is 70.6 Å². The Labute approximate surface area is 143 Å². The van der Waals surface area contributed by atoms with Crippen LogP contribution in [0.25, 0.3) is 0 Å². The minimum absolute atomic E-state index is 0.0281. The molecule has 1 amide bonds. The van der Waals surface area contributed by atoms with Crippen LogP contribution in [0, 0.1) is 5.92 Å². The fourth-order valence-electron chi connectivity index (χ4n) is 3.72. The van der Waals surface area contributed by atoms with Crippen LogP contribution < -0.4 is 5.32 Å². The van der Waals surface area contributed by atoms with Gasteiger partial charge in [-0.15, -0.1) is 0 Å². The van der Waals surface area contributed by atoms with Crippen LogP contribution in [0.1, 0.15) is 103 Å². The van der Waals surface area contributed by atoms with Crippen molar-refractivity contribution in [1.29, 1.82) is 0 Å². The molecule has 0 bridgehead atoms. The number of carbonyl (C=O) groups excluding carboxylic acids is 1. The van der Waals surface area contributed by atoms with E-state index in [2.05, 4.69) is 12.2 Å². The number of amides is 1. The molecule has 3 heteroatoms. The second kappa shape index (κ2) is 13.8. The third-order valence-electron chi connectivity index (χ3n) is 5.19. The first-order chi connectivity index (χ1) is 11.3. The van der Waals surface area contributed by atoms with Crippen molar-refractivity contribution in [3.8, 4) is 0 Å². The minimum atomic E-state index is -0.0281. The highest BCUT2D eigenvalue weighted by Gasteiger charge is 2.19. The Morgan fingerprint density at radius 1 is 1.00 bits per heavy atom. The van der Waals surface area contributed by atoms with Crippen LogP contribution in [0.3, 0.4) is 0 Å². The highest BCUT2D eigenvalue weighted by atomic mass is 16.3. The molecule has 23 heavy (non-hydrogen) atoms. The molecule has 0 unspecified atom stereocenters. The van der Waals surface area contributed by atoms with Gasteiger partial charge in [0.15, 0.2) is 0 Å². The van der Waals surface area contributed by atoms with Crippen molar-refractivity contribution in [2.75, 3.05) is 6.61 Å². The molecule has 1 atom stereocenters. The Morgan fingerprint density at radius 2 is 1.61 bits per heavy atom. The van der Waals surface area contributed by atoms with Gasteiger partial charge < -0.3 is 10.4 Å². The molecule has 1 saturated carbocycles. The fourth-order valence-corrected chi connectivity index (χ4v) is 3.72. The van der Waals surface area contributed by atoms with Gasteiger partial charge in [-0.05, 0) is 18.8 Å². The predicted molar refractivity (Wildman–Crippen MR) is 97.4 cm³/mol. The van der Waals surface area contributed by atoms with Gasteiger partial charge in [-0.2, -0.15) is 0 Å². The maximum atomic E-state index is 12.0. The average Bonchev–Trinajstić information content (AvgIpc) is 2.57. The van der Waals surface area contributed by atoms with Gasteiger partial charge in [0.2, 0.25) is 5.91 Å². The Morgan fingerprint density at radius 3 is 2.22 bits per heavy atom. The van der Waals surface area contributed by atoms with Crippen LogP contribution in [-0.4, -0.2) is 23.7 Å². The lowest BCUT2D eigenvalue weighted by atomic mass is 9.85. The number of rotatable bonds is 13. The number of carbonyl (C=O) groups is 1. The molecule has 1 rings (SSSR count). The van der Waals surface area contributed by atoms with E-state index >= 15 is 0 Å². The van der Waals surface area contributed by atoms with Crippen molar-refractivity contribution >= 4 is 5.91 Å². The van der Waals surface area contributed by atoms with E-state index in [0.29, 0.717) is 12.3 Å². The van der Waals surface area contributed by atoms with Crippen molar-refractivity contribution < 1.29 is 9.90 Å². The van der Waals surface area contributed by atoms with E-state index in [4.69, 9.17) is 0 Å². The molecule has 0 saturated heterocycles. The highest BCUT2D eigenvalue weighted by Crippen LogP contribution is 2.27. The molecule has 3 nitrogen and oxygen atoms in total. The number of aliphatic hydroxyl groups excluding tert-OH is 1. The van der Waals surface area contributed by atoms with Gasteiger partial charge in [-0.1, -0.05) is 84.0 Å². The van der Waals surface area contributed by atoms with Crippen LogP contribution in [0.4, 0.5) is 0 Å². The van der Waals surface area contributed by atoms with Gasteiger partial charge in [0.25, 0.3) is 0 Å². The molecular formula is C20H39NO2. The van der Waals surface area contributed by atoms with E-state index in [-0.39, 0.29) is 18.6 Å². The standard InChI is InChI=1S/C20H39NO2/c1-2-3-4-5-6-7-8-12-15-20(23)21-19(17-22)16-18-13-10-9-11-14-18/h18-19,22H,2-17H2,1H3,(H,21,23)/t19-/m0/s1. The average molecular weight is 326 g/mol. The second-order valence-electron chi connectivity index (χ2n) is 7.41. The van der Waals surface area contributed by atoms with Crippen molar-refractivity contribution in [2.24, 2.45) is 5.92 Å². The molecule has 0 aliphatic heterocycles. The number of hydrogen-bond acceptors (Lipinski definition) is 2. The van der Waals surface area contributed by atoms with Crippen LogP contribution >= 0.6 is 0 Å². The van der Waals surface area contributed by atoms with Gasteiger partial charge in [-0.25, -0.2) is 0 Å². The van der Waals surface area contributed by atoms with E-state index in [1.54, 1.807) is 0 Å². The first-order valence-corrected chi connectivity index (χ1v) is 10.2. The lowest BCUT2D eigenvalue weighted by Crippen LogP contribution is -2.39. The normalized spacial score (nSPS) is 17.1. The summed E-state index contributed by atoms with van der Waals surface area (Å²) in [6.45, 7) is 2.33. The highest BCUT2D eigenvalue weighted by molar-refractivity contribution is 5.76. The summed E-state index contributed by atoms with van der Waals surface area (Å²) in [4.78, 5) is 12.0. The fraction of sp³-hybridized carbons (Fsp3) is 0.950. The molecule has 0 aromatic carbocycles. The molecule has 0 aromatic rings. The molecule has 2 N–H and O–H groups in total. The smallest absolute Gasteiger partial charge is 0.220 e. The molecule has 0 radical (unpaired) electrons. The molecule has 1 fully saturated rings. The van der Waals surface area contributed by atoms with Crippen molar-refractivity contribution in [2.45, 2.75) is 109 Å². The maximum Gasteiger partial charge on any atom is 0.220 e. The third-order valence-corrected chi connectivity index (χ3v) is 5.19. The summed E-state index contributed by atoms with van der Waals surface area (Å²) < 4.78 is 0. The number of hydrogen-bond donors (Lipinski definition) is 2. The van der Waals surface area contributed by atoms with Gasteiger partial charge in [-0.3, -0.25) is 4.79 Å². The zero-order chi connectivity index (χ0) is 16.8. The number of unbranched alkanes of at least 4 members (excludes halogenated alkanes) is 7. The summed E-state index contributed by atoms with van der Waals surface area (Å²) >= 11 is 0. The number of nitrogens with one attached hydrogen (secondary N) is 1. The van der Waals surface area contributed by atoms with Crippen LogP contribution in [0.2, 0.25) is 0 Å². The number of aliphatic hydroxyl groups is 1. The van der Waals surface area contributed by atoms with Crippen molar-refractivity contribution in [1.82, 2.24) is 5.32 Å². The van der Waals surface area contributed by atoms with Crippen LogP contribution in [0.5, 0.6) is 0 Å². The zero-order valence-corrected chi connectivity index (χ0v) is 15.3. The Bertz CT molecular complexity index is 287. The summed E-state index contributed by atoms with van der Waals surface area (Å²) in [5, 5.41) is 12.5. The largest absolute Gasteiger partial charge is 0.394 e. The molecule has 0 aromatic heterocycles. The van der Waals surface area contributed by atoms with Gasteiger partial charge in [0.1, 0.15) is 0 Å². The first-order valence-electron chi connectivity index (χ1n) is 10.2. The summed E-state index contributed by atoms with van der Waals surface area (Å²) in [7, 11) is 0. The second-order valence-corrected chi connectivity index (χ2v) is 7.41. The predicted octanol–water partition coefficient (Wildman–Crippen LogP) is 4.96. The first kappa shape index (κ1) is 20.5. The molecule has 136 valence electrons. The monoisotopic (exact) mass is 325 g/mol. The summed E-state index contributed by atoms with van der Waals surface area (Å²) in [5.74, 6) is 0.829. The topological polar surface area (TPSA) is 49.3 Å². The summed E-state index contributed by atoms with van der Waals surface area (Å²) in [5.41, 5.74) is 0. The van der Waals surface area contributed by atoms with Crippen LogP contribution in [0.15, 0.2) is 0 Å². The maximum absolute atomic E-state index is 12.0. The van der Waals surface area contributed by atoms with Gasteiger partial charge in [0.05, 0.1) is 12.6 Å². The zero-order valence-electron chi connectivity index (χ0n) is 15.3. The minimum Gasteiger partial charge on any atom is -0.394 e. The third kappa shape index (κ3) is 10.8. The lowest BCUT2D eigenvalue weighted by molar-refractivity contribution is -0.122. The summed E-state index contributed by atoms with van der Waals surface area (Å²) in [6, 6.07) is -0.0281. The van der Waals surface area contributed by atoms with Crippen molar-refractivity contribution in [3.63, 3.8) is 0 Å². The Kier molecular flexibility index (Phi) is 12.3. The van der Waals surface area contributed by atoms with Crippen LogP contribution in [-0.2, 0) is 4.79 Å². The molecule has 0 heterocycles.